The second-order valence-electron chi connectivity index (χ2n) is 14.9. The Hall–Kier alpha value is -3.78. The van der Waals surface area contributed by atoms with Crippen LogP contribution in [0.15, 0.2) is 42.5 Å². The number of para-hydroxylation sites is 1. The molecule has 0 bridgehead atoms. The van der Waals surface area contributed by atoms with Gasteiger partial charge in [-0.15, -0.1) is 11.3 Å². The van der Waals surface area contributed by atoms with Gasteiger partial charge in [0.1, 0.15) is 23.9 Å². The minimum atomic E-state index is -0.963. The molecule has 294 valence electrons. The average Bonchev–Trinajstić information content (AvgIpc) is 3.56. The van der Waals surface area contributed by atoms with E-state index in [9.17, 15) is 19.2 Å². The number of unbranched alkanes of at least 4 members (excludes halogenated alkanes) is 1. The first kappa shape index (κ1) is 41.4. The van der Waals surface area contributed by atoms with Gasteiger partial charge in [0.15, 0.2) is 0 Å². The summed E-state index contributed by atoms with van der Waals surface area (Å²) in [6.45, 7) is 3.68. The Bertz CT molecular complexity index is 1730. The molecule has 4 atom stereocenters. The standard InChI is InChI=1S/C40H56ClN7O5S/c1-4-36(49)43-33(23-37-44-30-17-16-27(41)22-35(30)54-37)40(52)47-32(21-25-12-14-26(24-42)15-13-25)39(51)46-31(10-7-8-19-48(2)3)38(50)45-29-18-20-53-34-11-6-5-9-28(29)34/h5-6,9,11,16-17,22,25-26,29,31-33H,4,7-8,10,12-15,18-21,23-24,42H2,1-3H3,(H,43,49)(H,45,50)(H,46,51)(H,47,52)/t25?,26?,29-,31+,32+,33+/m1/s1. The van der Waals surface area contributed by atoms with Crippen LogP contribution in [0.4, 0.5) is 0 Å². The molecule has 0 saturated heterocycles. The number of amides is 4. The van der Waals surface area contributed by atoms with Gasteiger partial charge in [0.05, 0.1) is 27.9 Å². The summed E-state index contributed by atoms with van der Waals surface area (Å²) in [7, 11) is 4.01. The SMILES string of the molecule is CCC(=O)N[C@@H](Cc1nc2ccc(Cl)cc2s1)C(=O)N[C@@H](CC1CCC(CN)CC1)C(=O)N[C@@H](CCCCN(C)C)C(=O)N[C@@H]1CCOc2ccccc21. The fourth-order valence-corrected chi connectivity index (χ4v) is 8.62. The maximum atomic E-state index is 14.4. The first-order chi connectivity index (χ1) is 26.0. The monoisotopic (exact) mass is 781 g/mol. The summed E-state index contributed by atoms with van der Waals surface area (Å²) in [4.78, 5) is 62.0. The average molecular weight is 782 g/mol. The van der Waals surface area contributed by atoms with Crippen LogP contribution in [0.5, 0.6) is 5.75 Å². The minimum Gasteiger partial charge on any atom is -0.493 e. The van der Waals surface area contributed by atoms with E-state index in [0.29, 0.717) is 48.4 Å². The number of benzene rings is 2. The quantitative estimate of drug-likeness (QED) is 0.114. The maximum absolute atomic E-state index is 14.4. The Labute approximate surface area is 327 Å². The highest BCUT2D eigenvalue weighted by atomic mass is 35.5. The number of fused-ring (bicyclic) bond motifs is 2. The van der Waals surface area contributed by atoms with E-state index in [1.54, 1.807) is 13.0 Å². The van der Waals surface area contributed by atoms with Crippen molar-refractivity contribution in [3.05, 3.63) is 58.1 Å². The van der Waals surface area contributed by atoms with E-state index in [4.69, 9.17) is 22.1 Å². The summed E-state index contributed by atoms with van der Waals surface area (Å²) in [5, 5.41) is 13.4. The van der Waals surface area contributed by atoms with Gasteiger partial charge in [0.2, 0.25) is 23.6 Å². The van der Waals surface area contributed by atoms with Crippen LogP contribution in [0.2, 0.25) is 5.02 Å². The second-order valence-corrected chi connectivity index (χ2v) is 16.5. The van der Waals surface area contributed by atoms with Crippen molar-refractivity contribution in [2.45, 2.75) is 102 Å². The summed E-state index contributed by atoms with van der Waals surface area (Å²) < 4.78 is 6.69. The Morgan fingerprint density at radius 2 is 1.65 bits per heavy atom. The molecule has 6 N–H and O–H groups in total. The summed E-state index contributed by atoms with van der Waals surface area (Å²) in [6, 6.07) is 10.1. The highest BCUT2D eigenvalue weighted by molar-refractivity contribution is 7.18. The molecular formula is C40H56ClN7O5S. The molecule has 4 amide bonds. The lowest BCUT2D eigenvalue weighted by Crippen LogP contribution is -2.57. The van der Waals surface area contributed by atoms with Crippen LogP contribution < -0.4 is 31.7 Å². The predicted molar refractivity (Wildman–Crippen MR) is 213 cm³/mol. The van der Waals surface area contributed by atoms with Crippen LogP contribution in [0.1, 0.15) is 87.7 Å². The molecule has 54 heavy (non-hydrogen) atoms. The van der Waals surface area contributed by atoms with Crippen LogP contribution in [-0.2, 0) is 25.6 Å². The lowest BCUT2D eigenvalue weighted by Gasteiger charge is -2.32. The minimum absolute atomic E-state index is 0.147. The van der Waals surface area contributed by atoms with Crippen molar-refractivity contribution < 1.29 is 23.9 Å². The van der Waals surface area contributed by atoms with E-state index in [1.165, 1.54) is 11.3 Å². The predicted octanol–water partition coefficient (Wildman–Crippen LogP) is 4.88. The smallest absolute Gasteiger partial charge is 0.243 e. The van der Waals surface area contributed by atoms with Crippen LogP contribution in [0.25, 0.3) is 10.2 Å². The molecule has 1 fully saturated rings. The number of nitrogens with two attached hydrogens (primary N) is 1. The highest BCUT2D eigenvalue weighted by Crippen LogP contribution is 2.33. The van der Waals surface area contributed by atoms with Gasteiger partial charge < -0.3 is 36.6 Å². The van der Waals surface area contributed by atoms with Gasteiger partial charge >= 0.3 is 0 Å². The molecule has 1 aliphatic heterocycles. The highest BCUT2D eigenvalue weighted by Gasteiger charge is 2.34. The number of hydrogen-bond donors (Lipinski definition) is 5. The third-order valence-electron chi connectivity index (χ3n) is 10.5. The van der Waals surface area contributed by atoms with E-state index in [2.05, 4.69) is 31.2 Å². The van der Waals surface area contributed by atoms with E-state index >= 15 is 0 Å². The zero-order valence-electron chi connectivity index (χ0n) is 31.7. The van der Waals surface area contributed by atoms with Crippen LogP contribution in [-0.4, -0.2) is 85.4 Å². The second kappa shape index (κ2) is 20.2. The molecule has 0 unspecified atom stereocenters. The van der Waals surface area contributed by atoms with Gasteiger partial charge in [-0.1, -0.05) is 49.6 Å². The van der Waals surface area contributed by atoms with Gasteiger partial charge in [-0.3, -0.25) is 19.2 Å². The molecule has 14 heteroatoms. The topological polar surface area (TPSA) is 168 Å². The van der Waals surface area contributed by atoms with Crippen molar-refractivity contribution in [1.29, 1.82) is 0 Å². The Kier molecular flexibility index (Phi) is 15.5. The Morgan fingerprint density at radius 1 is 0.926 bits per heavy atom. The molecule has 1 aromatic heterocycles. The first-order valence-corrected chi connectivity index (χ1v) is 20.5. The summed E-state index contributed by atoms with van der Waals surface area (Å²) in [6.07, 6.45) is 7.08. The van der Waals surface area contributed by atoms with Crippen LogP contribution >= 0.6 is 22.9 Å². The van der Waals surface area contributed by atoms with Gasteiger partial charge in [-0.25, -0.2) is 4.98 Å². The molecule has 2 aromatic carbocycles. The molecule has 2 heterocycles. The number of nitrogens with one attached hydrogen (secondary N) is 4. The third kappa shape index (κ3) is 11.9. The molecule has 0 radical (unpaired) electrons. The number of thiazole rings is 1. The lowest BCUT2D eigenvalue weighted by atomic mass is 9.79. The molecule has 1 saturated carbocycles. The zero-order chi connectivity index (χ0) is 38.6. The zero-order valence-corrected chi connectivity index (χ0v) is 33.3. The molecule has 0 spiro atoms. The lowest BCUT2D eigenvalue weighted by molar-refractivity contribution is -0.134. The van der Waals surface area contributed by atoms with Crippen molar-refractivity contribution in [3.63, 3.8) is 0 Å². The number of ether oxygens (including phenoxy) is 1. The fraction of sp³-hybridized carbons (Fsp3) is 0.575. The van der Waals surface area contributed by atoms with Gasteiger partial charge in [0.25, 0.3) is 0 Å². The van der Waals surface area contributed by atoms with Crippen LogP contribution in [0, 0.1) is 11.8 Å². The molecule has 2 aliphatic rings. The Balaban J connectivity index is 1.35. The van der Waals surface area contributed by atoms with Gasteiger partial charge in [0, 0.05) is 29.8 Å². The summed E-state index contributed by atoms with van der Waals surface area (Å²) in [5.41, 5.74) is 7.63. The van der Waals surface area contributed by atoms with Crippen molar-refractivity contribution in [2.24, 2.45) is 17.6 Å². The normalized spacial score (nSPS) is 19.9. The van der Waals surface area contributed by atoms with E-state index in [-0.39, 0.29) is 36.6 Å². The summed E-state index contributed by atoms with van der Waals surface area (Å²) in [5.74, 6) is -0.0712. The van der Waals surface area contributed by atoms with Crippen molar-refractivity contribution in [2.75, 3.05) is 33.8 Å². The largest absolute Gasteiger partial charge is 0.493 e. The van der Waals surface area contributed by atoms with Gasteiger partial charge in [-0.05, 0) is 102 Å². The third-order valence-corrected chi connectivity index (χ3v) is 11.8. The number of carbonyl (C=O) groups is 4. The van der Waals surface area contributed by atoms with E-state index in [0.717, 1.165) is 66.6 Å². The number of hydrogen-bond acceptors (Lipinski definition) is 9. The summed E-state index contributed by atoms with van der Waals surface area (Å²) >= 11 is 7.62. The van der Waals surface area contributed by atoms with Crippen LogP contribution in [0.3, 0.4) is 0 Å². The van der Waals surface area contributed by atoms with Crippen molar-refractivity contribution in [1.82, 2.24) is 31.2 Å². The number of aromatic nitrogens is 1. The van der Waals surface area contributed by atoms with E-state index < -0.39 is 29.9 Å². The van der Waals surface area contributed by atoms with E-state index in [1.807, 2.05) is 50.5 Å². The molecule has 1 aliphatic carbocycles. The number of nitrogens with zero attached hydrogens (tertiary/aromatic N) is 2. The number of carbonyl (C=O) groups excluding carboxylic acids is 4. The maximum Gasteiger partial charge on any atom is 0.243 e. The van der Waals surface area contributed by atoms with Crippen molar-refractivity contribution >= 4 is 56.8 Å². The number of halogens is 1. The Morgan fingerprint density at radius 3 is 2.39 bits per heavy atom. The van der Waals surface area contributed by atoms with Gasteiger partial charge in [-0.2, -0.15) is 0 Å². The molecule has 3 aromatic rings. The molecule has 12 nitrogen and oxygen atoms in total. The first-order valence-electron chi connectivity index (χ1n) is 19.3. The molecular weight excluding hydrogens is 726 g/mol. The molecule has 5 rings (SSSR count). The van der Waals surface area contributed by atoms with Crippen molar-refractivity contribution in [3.8, 4) is 5.75 Å². The fourth-order valence-electron chi connectivity index (χ4n) is 7.34. The number of rotatable bonds is 18.